The first kappa shape index (κ1) is 25.4. The summed E-state index contributed by atoms with van der Waals surface area (Å²) in [5, 5.41) is 0. The molecule has 0 aliphatic carbocycles. The van der Waals surface area contributed by atoms with Gasteiger partial charge in [-0.25, -0.2) is 8.42 Å². The Morgan fingerprint density at radius 3 is 2.23 bits per heavy atom. The Kier molecular flexibility index (Phi) is 9.90. The van der Waals surface area contributed by atoms with E-state index in [0.29, 0.717) is 59.8 Å². The second kappa shape index (κ2) is 11.7. The Morgan fingerprint density at radius 2 is 1.63 bits per heavy atom. The number of alkyl halides is 2. The van der Waals surface area contributed by atoms with E-state index in [4.69, 9.17) is 42.5 Å². The molecule has 0 amide bonds. The van der Waals surface area contributed by atoms with E-state index < -0.39 is 23.9 Å². The highest BCUT2D eigenvalue weighted by molar-refractivity contribution is 7.92. The van der Waals surface area contributed by atoms with E-state index in [-0.39, 0.29) is 4.21 Å². The van der Waals surface area contributed by atoms with Gasteiger partial charge in [0.05, 0.1) is 13.2 Å². The predicted octanol–water partition coefficient (Wildman–Crippen LogP) is 3.84. The molecule has 0 aliphatic heterocycles. The zero-order chi connectivity index (χ0) is 22.2. The number of thiophene rings is 1. The summed E-state index contributed by atoms with van der Waals surface area (Å²) in [7, 11) is -8.54. The molecule has 1 aromatic carbocycles. The van der Waals surface area contributed by atoms with Gasteiger partial charge in [0.25, 0.3) is 10.0 Å². The zero-order valence-corrected chi connectivity index (χ0v) is 19.8. The lowest BCUT2D eigenvalue weighted by Gasteiger charge is -2.13. The van der Waals surface area contributed by atoms with Gasteiger partial charge >= 0.3 is 7.60 Å². The highest BCUT2D eigenvalue weighted by Gasteiger charge is 2.22. The van der Waals surface area contributed by atoms with Gasteiger partial charge in [-0.2, -0.15) is 4.72 Å². The van der Waals surface area contributed by atoms with Crippen molar-refractivity contribution < 1.29 is 32.2 Å². The lowest BCUT2D eigenvalue weighted by Crippen LogP contribution is -2.23. The second-order valence-electron chi connectivity index (χ2n) is 6.03. The molecule has 168 valence electrons. The maximum atomic E-state index is 12.3. The maximum Gasteiger partial charge on any atom is 0.340 e. The van der Waals surface area contributed by atoms with Crippen molar-refractivity contribution in [3.05, 3.63) is 30.3 Å². The maximum absolute atomic E-state index is 12.3. The molecule has 13 heteroatoms. The minimum absolute atomic E-state index is 0.0574. The molecule has 3 N–H and O–H groups in total. The molecule has 0 saturated carbocycles. The van der Waals surface area contributed by atoms with Crippen LogP contribution in [0.5, 0.6) is 11.5 Å². The van der Waals surface area contributed by atoms with Crippen molar-refractivity contribution in [3.63, 3.8) is 0 Å². The van der Waals surface area contributed by atoms with Crippen molar-refractivity contribution in [2.45, 2.75) is 17.1 Å². The third kappa shape index (κ3) is 8.01. The molecule has 0 atom stereocenters. The van der Waals surface area contributed by atoms with Crippen LogP contribution < -0.4 is 14.2 Å². The summed E-state index contributed by atoms with van der Waals surface area (Å²) in [5.41, 5.74) is 0.710. The van der Waals surface area contributed by atoms with E-state index in [1.165, 1.54) is 6.07 Å². The van der Waals surface area contributed by atoms with Crippen molar-refractivity contribution >= 4 is 52.2 Å². The first-order valence-electron chi connectivity index (χ1n) is 8.82. The number of halogens is 2. The minimum atomic E-state index is -4.51. The van der Waals surface area contributed by atoms with Crippen LogP contribution in [0, 0.1) is 0 Å². The standard InChI is InChI=1S/C17H22Cl2NO7PS2/c18-7-1-9-26-14-4-3-13(11-15(14)27-10-2-8-19)16-5-6-17(29-16)30(24,25)20-12-28(21,22)23/h3-6,11,20H,1-2,7-10,12H2,(H2,21,22,23). The van der Waals surface area contributed by atoms with E-state index in [0.717, 1.165) is 11.3 Å². The van der Waals surface area contributed by atoms with Gasteiger partial charge in [0, 0.05) is 16.6 Å². The van der Waals surface area contributed by atoms with E-state index in [2.05, 4.69) is 0 Å². The summed E-state index contributed by atoms with van der Waals surface area (Å²) in [5.74, 6) is 1.98. The number of hydrogen-bond acceptors (Lipinski definition) is 6. The van der Waals surface area contributed by atoms with Gasteiger partial charge in [-0.15, -0.1) is 34.5 Å². The molecular weight excluding hydrogens is 496 g/mol. The van der Waals surface area contributed by atoms with Crippen molar-refractivity contribution in [2.75, 3.05) is 31.3 Å². The van der Waals surface area contributed by atoms with Crippen molar-refractivity contribution in [2.24, 2.45) is 0 Å². The zero-order valence-electron chi connectivity index (χ0n) is 15.8. The van der Waals surface area contributed by atoms with Crippen molar-refractivity contribution in [3.8, 4) is 21.9 Å². The summed E-state index contributed by atoms with van der Waals surface area (Å²) in [6.45, 7) is 0.830. The fraction of sp³-hybridized carbons (Fsp3) is 0.412. The Morgan fingerprint density at radius 1 is 1.00 bits per heavy atom. The van der Waals surface area contributed by atoms with Crippen LogP contribution in [0.2, 0.25) is 0 Å². The first-order valence-corrected chi connectivity index (χ1v) is 14.0. The summed E-state index contributed by atoms with van der Waals surface area (Å²) < 4.78 is 48.8. The third-order valence-electron chi connectivity index (χ3n) is 3.61. The molecule has 0 radical (unpaired) electrons. The molecule has 8 nitrogen and oxygen atoms in total. The monoisotopic (exact) mass is 517 g/mol. The molecular formula is C17H22Cl2NO7PS2. The lowest BCUT2D eigenvalue weighted by molar-refractivity contribution is 0.269. The molecule has 0 bridgehead atoms. The van der Waals surface area contributed by atoms with Gasteiger partial charge in [0.15, 0.2) is 11.5 Å². The molecule has 1 aromatic heterocycles. The summed E-state index contributed by atoms with van der Waals surface area (Å²) in [4.78, 5) is 18.4. The van der Waals surface area contributed by atoms with Gasteiger partial charge in [-0.3, -0.25) is 4.57 Å². The van der Waals surface area contributed by atoms with Gasteiger partial charge in [0.1, 0.15) is 10.5 Å². The molecule has 0 unspecified atom stereocenters. The van der Waals surface area contributed by atoms with E-state index in [9.17, 15) is 13.0 Å². The molecule has 0 saturated heterocycles. The lowest BCUT2D eigenvalue weighted by atomic mass is 10.1. The summed E-state index contributed by atoms with van der Waals surface area (Å²) >= 11 is 12.3. The van der Waals surface area contributed by atoms with Crippen molar-refractivity contribution in [1.29, 1.82) is 0 Å². The number of sulfonamides is 1. The average molecular weight is 518 g/mol. The Bertz CT molecular complexity index is 978. The van der Waals surface area contributed by atoms with Crippen LogP contribution in [0.15, 0.2) is 34.5 Å². The number of nitrogens with one attached hydrogen (secondary N) is 1. The van der Waals surface area contributed by atoms with Gasteiger partial charge < -0.3 is 19.3 Å². The molecule has 2 aromatic rings. The Balaban J connectivity index is 2.24. The van der Waals surface area contributed by atoms with Crippen LogP contribution in [0.3, 0.4) is 0 Å². The fourth-order valence-corrected chi connectivity index (χ4v) is 5.81. The second-order valence-corrected chi connectivity index (χ2v) is 11.5. The largest absolute Gasteiger partial charge is 0.490 e. The summed E-state index contributed by atoms with van der Waals surface area (Å²) in [6, 6.07) is 8.24. The van der Waals surface area contributed by atoms with Crippen LogP contribution in [-0.4, -0.2) is 49.5 Å². The normalized spacial score (nSPS) is 12.1. The molecule has 2 rings (SSSR count). The molecule has 1 heterocycles. The van der Waals surface area contributed by atoms with Gasteiger partial charge in [-0.1, -0.05) is 0 Å². The topological polar surface area (TPSA) is 122 Å². The molecule has 0 fully saturated rings. The third-order valence-corrected chi connectivity index (χ3v) is 7.95. The summed E-state index contributed by atoms with van der Waals surface area (Å²) in [6.07, 6.45) is 0.368. The van der Waals surface area contributed by atoms with Crippen LogP contribution >= 0.6 is 42.1 Å². The quantitative estimate of drug-likeness (QED) is 0.209. The number of benzene rings is 1. The average Bonchev–Trinajstić information content (AvgIpc) is 3.18. The van der Waals surface area contributed by atoms with Gasteiger partial charge in [0.2, 0.25) is 0 Å². The van der Waals surface area contributed by atoms with Gasteiger partial charge in [-0.05, 0) is 48.7 Å². The Labute approximate surface area is 189 Å². The Hall–Kier alpha value is -0.840. The highest BCUT2D eigenvalue weighted by atomic mass is 35.5. The fourth-order valence-electron chi connectivity index (χ4n) is 2.23. The van der Waals surface area contributed by atoms with Crippen molar-refractivity contribution in [1.82, 2.24) is 4.72 Å². The van der Waals surface area contributed by atoms with Crippen LogP contribution in [0.25, 0.3) is 10.4 Å². The van der Waals surface area contributed by atoms with Crippen LogP contribution in [0.1, 0.15) is 12.8 Å². The number of rotatable bonds is 13. The SMILES string of the molecule is O=P(O)(O)CNS(=O)(=O)c1ccc(-c2ccc(OCCCCl)c(OCCCCl)c2)s1. The van der Waals surface area contributed by atoms with E-state index >= 15 is 0 Å². The molecule has 0 spiro atoms. The van der Waals surface area contributed by atoms with E-state index in [1.807, 2.05) is 4.72 Å². The minimum Gasteiger partial charge on any atom is -0.490 e. The van der Waals surface area contributed by atoms with Crippen LogP contribution in [0.4, 0.5) is 0 Å². The highest BCUT2D eigenvalue weighted by Crippen LogP contribution is 2.38. The first-order chi connectivity index (χ1) is 14.2. The molecule has 30 heavy (non-hydrogen) atoms. The predicted molar refractivity (Wildman–Crippen MR) is 119 cm³/mol. The molecule has 0 aliphatic rings. The smallest absolute Gasteiger partial charge is 0.340 e. The van der Waals surface area contributed by atoms with Crippen LogP contribution in [-0.2, 0) is 14.6 Å². The number of ether oxygens (including phenoxy) is 2. The van der Waals surface area contributed by atoms with E-state index in [1.54, 1.807) is 24.3 Å². The number of hydrogen-bond donors (Lipinski definition) is 3.